The van der Waals surface area contributed by atoms with Crippen LogP contribution < -0.4 is 4.90 Å². The van der Waals surface area contributed by atoms with E-state index in [1.807, 2.05) is 30.5 Å². The Kier molecular flexibility index (Phi) is 3.07. The van der Waals surface area contributed by atoms with E-state index in [2.05, 4.69) is 21.8 Å². The van der Waals surface area contributed by atoms with Crippen molar-refractivity contribution in [2.75, 3.05) is 38.1 Å². The van der Waals surface area contributed by atoms with Crippen molar-refractivity contribution in [2.45, 2.75) is 19.3 Å². The third-order valence-electron chi connectivity index (χ3n) is 5.25. The maximum Gasteiger partial charge on any atom is 0.147 e. The Balaban J connectivity index is 1.56. The van der Waals surface area contributed by atoms with E-state index in [1.165, 1.54) is 32.4 Å². The lowest BCUT2D eigenvalue weighted by molar-refractivity contribution is 0.142. The quantitative estimate of drug-likeness (QED) is 0.804. The standard InChI is InChI=1S/C17H22N4/c1-20-9-6-17(7-10-20)8-11-21(13-17)16-12-18-14-4-2-3-5-15(14)19-16/h2-5,12H,6-11,13H2,1H3. The van der Waals surface area contributed by atoms with E-state index in [9.17, 15) is 0 Å². The number of likely N-dealkylation sites (tertiary alicyclic amines) is 1. The van der Waals surface area contributed by atoms with E-state index in [1.54, 1.807) is 0 Å². The molecule has 1 aromatic heterocycles. The molecule has 2 aromatic rings. The van der Waals surface area contributed by atoms with Crippen LogP contribution in [-0.4, -0.2) is 48.1 Å². The number of nitrogens with zero attached hydrogens (tertiary/aromatic N) is 4. The summed E-state index contributed by atoms with van der Waals surface area (Å²) in [6, 6.07) is 8.12. The van der Waals surface area contributed by atoms with Gasteiger partial charge in [-0.15, -0.1) is 0 Å². The van der Waals surface area contributed by atoms with Crippen molar-refractivity contribution in [3.63, 3.8) is 0 Å². The van der Waals surface area contributed by atoms with Crippen LogP contribution in [0.15, 0.2) is 30.5 Å². The zero-order valence-corrected chi connectivity index (χ0v) is 12.6. The highest BCUT2D eigenvalue weighted by Crippen LogP contribution is 2.41. The Hall–Kier alpha value is -1.68. The van der Waals surface area contributed by atoms with Gasteiger partial charge in [-0.2, -0.15) is 0 Å². The highest BCUT2D eigenvalue weighted by atomic mass is 15.2. The van der Waals surface area contributed by atoms with Gasteiger partial charge in [0.25, 0.3) is 0 Å². The van der Waals surface area contributed by atoms with Gasteiger partial charge in [0.1, 0.15) is 5.82 Å². The lowest BCUT2D eigenvalue weighted by Gasteiger charge is -2.37. The lowest BCUT2D eigenvalue weighted by Crippen LogP contribution is -2.39. The number of piperidine rings is 1. The van der Waals surface area contributed by atoms with Crippen molar-refractivity contribution >= 4 is 16.9 Å². The molecule has 2 fully saturated rings. The summed E-state index contributed by atoms with van der Waals surface area (Å²) in [7, 11) is 2.23. The second-order valence-electron chi connectivity index (χ2n) is 6.69. The molecule has 0 amide bonds. The number of anilines is 1. The Morgan fingerprint density at radius 1 is 1.00 bits per heavy atom. The van der Waals surface area contributed by atoms with Gasteiger partial charge in [-0.25, -0.2) is 4.98 Å². The lowest BCUT2D eigenvalue weighted by atomic mass is 9.78. The third-order valence-corrected chi connectivity index (χ3v) is 5.25. The molecule has 0 atom stereocenters. The Morgan fingerprint density at radius 2 is 1.71 bits per heavy atom. The minimum Gasteiger partial charge on any atom is -0.355 e. The van der Waals surface area contributed by atoms with Crippen LogP contribution in [0.5, 0.6) is 0 Å². The fourth-order valence-corrected chi connectivity index (χ4v) is 3.73. The van der Waals surface area contributed by atoms with Gasteiger partial charge < -0.3 is 9.80 Å². The first-order valence-electron chi connectivity index (χ1n) is 7.89. The molecule has 0 saturated carbocycles. The Morgan fingerprint density at radius 3 is 2.52 bits per heavy atom. The Labute approximate surface area is 125 Å². The average molecular weight is 282 g/mol. The number of benzene rings is 1. The monoisotopic (exact) mass is 282 g/mol. The smallest absolute Gasteiger partial charge is 0.147 e. The van der Waals surface area contributed by atoms with Gasteiger partial charge >= 0.3 is 0 Å². The molecule has 4 nitrogen and oxygen atoms in total. The molecule has 2 saturated heterocycles. The van der Waals surface area contributed by atoms with E-state index in [4.69, 9.17) is 4.98 Å². The van der Waals surface area contributed by atoms with E-state index in [-0.39, 0.29) is 0 Å². The summed E-state index contributed by atoms with van der Waals surface area (Å²) < 4.78 is 0. The van der Waals surface area contributed by atoms with Crippen molar-refractivity contribution in [3.8, 4) is 0 Å². The Bertz CT molecular complexity index is 646. The molecule has 4 heteroatoms. The molecule has 2 aliphatic rings. The van der Waals surface area contributed by atoms with Gasteiger partial charge in [0.05, 0.1) is 17.2 Å². The molecule has 0 radical (unpaired) electrons. The summed E-state index contributed by atoms with van der Waals surface area (Å²) in [6.07, 6.45) is 5.88. The largest absolute Gasteiger partial charge is 0.355 e. The van der Waals surface area contributed by atoms with Crippen LogP contribution in [-0.2, 0) is 0 Å². The highest BCUT2D eigenvalue weighted by Gasteiger charge is 2.40. The van der Waals surface area contributed by atoms with Gasteiger partial charge in [-0.05, 0) is 56.9 Å². The minimum atomic E-state index is 0.514. The molecule has 2 aliphatic heterocycles. The number of fused-ring (bicyclic) bond motifs is 1. The maximum absolute atomic E-state index is 4.80. The predicted octanol–water partition coefficient (Wildman–Crippen LogP) is 2.55. The van der Waals surface area contributed by atoms with Crippen LogP contribution in [0.3, 0.4) is 0 Å². The second kappa shape index (κ2) is 4.95. The number of aromatic nitrogens is 2. The van der Waals surface area contributed by atoms with Gasteiger partial charge in [-0.1, -0.05) is 12.1 Å². The van der Waals surface area contributed by atoms with E-state index in [0.29, 0.717) is 5.41 Å². The van der Waals surface area contributed by atoms with Gasteiger partial charge in [-0.3, -0.25) is 4.98 Å². The molecular weight excluding hydrogens is 260 g/mol. The van der Waals surface area contributed by atoms with Crippen LogP contribution in [0.4, 0.5) is 5.82 Å². The SMILES string of the molecule is CN1CCC2(CC1)CCN(c1cnc3ccccc3n1)C2. The molecule has 0 unspecified atom stereocenters. The highest BCUT2D eigenvalue weighted by molar-refractivity contribution is 5.75. The van der Waals surface area contributed by atoms with Crippen molar-refractivity contribution in [3.05, 3.63) is 30.5 Å². The number of para-hydroxylation sites is 2. The van der Waals surface area contributed by atoms with Gasteiger partial charge in [0.2, 0.25) is 0 Å². The second-order valence-corrected chi connectivity index (χ2v) is 6.69. The molecule has 1 aromatic carbocycles. The molecule has 21 heavy (non-hydrogen) atoms. The molecule has 3 heterocycles. The fraction of sp³-hybridized carbons (Fsp3) is 0.529. The molecule has 0 N–H and O–H groups in total. The summed E-state index contributed by atoms with van der Waals surface area (Å²) in [5, 5.41) is 0. The molecular formula is C17H22N4. The summed E-state index contributed by atoms with van der Waals surface area (Å²) in [5.74, 6) is 1.05. The average Bonchev–Trinajstić information content (AvgIpc) is 2.94. The van der Waals surface area contributed by atoms with E-state index >= 15 is 0 Å². The van der Waals surface area contributed by atoms with Crippen molar-refractivity contribution in [1.29, 1.82) is 0 Å². The molecule has 110 valence electrons. The van der Waals surface area contributed by atoms with Crippen molar-refractivity contribution in [1.82, 2.24) is 14.9 Å². The van der Waals surface area contributed by atoms with Crippen molar-refractivity contribution in [2.24, 2.45) is 5.41 Å². The molecule has 0 aliphatic carbocycles. The molecule has 4 rings (SSSR count). The first-order valence-corrected chi connectivity index (χ1v) is 7.89. The predicted molar refractivity (Wildman–Crippen MR) is 85.5 cm³/mol. The summed E-state index contributed by atoms with van der Waals surface area (Å²) >= 11 is 0. The van der Waals surface area contributed by atoms with Crippen LogP contribution in [0.25, 0.3) is 11.0 Å². The summed E-state index contributed by atoms with van der Waals surface area (Å²) in [5.41, 5.74) is 2.49. The summed E-state index contributed by atoms with van der Waals surface area (Å²) in [6.45, 7) is 4.74. The first-order chi connectivity index (χ1) is 10.2. The number of hydrogen-bond acceptors (Lipinski definition) is 4. The van der Waals surface area contributed by atoms with Gasteiger partial charge in [0.15, 0.2) is 0 Å². The third kappa shape index (κ3) is 2.38. The van der Waals surface area contributed by atoms with E-state index < -0.39 is 0 Å². The maximum atomic E-state index is 4.80. The van der Waals surface area contributed by atoms with E-state index in [0.717, 1.165) is 29.9 Å². The zero-order valence-electron chi connectivity index (χ0n) is 12.6. The fourth-order valence-electron chi connectivity index (χ4n) is 3.73. The first kappa shape index (κ1) is 13.0. The topological polar surface area (TPSA) is 32.3 Å². The summed E-state index contributed by atoms with van der Waals surface area (Å²) in [4.78, 5) is 14.2. The van der Waals surface area contributed by atoms with Crippen LogP contribution in [0.2, 0.25) is 0 Å². The van der Waals surface area contributed by atoms with Crippen LogP contribution in [0, 0.1) is 5.41 Å². The van der Waals surface area contributed by atoms with Gasteiger partial charge in [0, 0.05) is 13.1 Å². The van der Waals surface area contributed by atoms with Crippen LogP contribution >= 0.6 is 0 Å². The number of rotatable bonds is 1. The molecule has 1 spiro atoms. The molecule has 0 bridgehead atoms. The van der Waals surface area contributed by atoms with Crippen LogP contribution in [0.1, 0.15) is 19.3 Å². The zero-order chi connectivity index (χ0) is 14.3. The normalized spacial score (nSPS) is 22.2. The van der Waals surface area contributed by atoms with Crippen molar-refractivity contribution < 1.29 is 0 Å². The number of hydrogen-bond donors (Lipinski definition) is 0. The minimum absolute atomic E-state index is 0.514.